The smallest absolute Gasteiger partial charge is 0.296 e. The van der Waals surface area contributed by atoms with Gasteiger partial charge in [-0.2, -0.15) is 0 Å². The van der Waals surface area contributed by atoms with E-state index in [0.717, 1.165) is 41.8 Å². The average Bonchev–Trinajstić information content (AvgIpc) is 3.28. The molecule has 5 rings (SSSR count). The van der Waals surface area contributed by atoms with E-state index in [1.807, 2.05) is 38.1 Å². The number of fused-ring (bicyclic) bond motifs is 1. The molecule has 7 heteroatoms. The molecule has 1 aromatic carbocycles. The lowest BCUT2D eigenvalue weighted by Crippen LogP contribution is -2.39. The van der Waals surface area contributed by atoms with Crippen molar-refractivity contribution >= 4 is 28.2 Å². The SMILES string of the molecule is C=CCOc1cccc(C2C3=C(OC4CCCCC4C3=O)C(=O)N2c2nc(C)c(C)s2)c1. The number of anilines is 1. The van der Waals surface area contributed by atoms with Gasteiger partial charge in [0.1, 0.15) is 18.5 Å². The number of aryl methyl sites for hydroxylation is 2. The first kappa shape index (κ1) is 20.9. The molecule has 32 heavy (non-hydrogen) atoms. The number of Topliss-reactive ketones (excluding diaryl/α,β-unsaturated/α-hetero) is 1. The van der Waals surface area contributed by atoms with E-state index in [0.29, 0.717) is 23.1 Å². The van der Waals surface area contributed by atoms with Gasteiger partial charge in [0.05, 0.1) is 23.2 Å². The summed E-state index contributed by atoms with van der Waals surface area (Å²) in [6.07, 6.45) is 5.12. The van der Waals surface area contributed by atoms with Crippen LogP contribution in [0, 0.1) is 19.8 Å². The molecule has 1 saturated carbocycles. The van der Waals surface area contributed by atoms with E-state index in [2.05, 4.69) is 11.6 Å². The van der Waals surface area contributed by atoms with Gasteiger partial charge >= 0.3 is 0 Å². The number of carbonyl (C=O) groups is 2. The fourth-order valence-corrected chi connectivity index (χ4v) is 5.78. The highest BCUT2D eigenvalue weighted by Gasteiger charge is 2.53. The lowest BCUT2D eigenvalue weighted by molar-refractivity contribution is -0.131. The summed E-state index contributed by atoms with van der Waals surface area (Å²) in [5, 5.41) is 0.584. The Kier molecular flexibility index (Phi) is 5.37. The van der Waals surface area contributed by atoms with Gasteiger partial charge in [0.25, 0.3) is 5.91 Å². The van der Waals surface area contributed by atoms with Gasteiger partial charge in [0.2, 0.25) is 0 Å². The Morgan fingerprint density at radius 2 is 2.09 bits per heavy atom. The maximum absolute atomic E-state index is 13.7. The monoisotopic (exact) mass is 450 g/mol. The van der Waals surface area contributed by atoms with E-state index in [1.54, 1.807) is 11.0 Å². The number of carbonyl (C=O) groups excluding carboxylic acids is 2. The summed E-state index contributed by atoms with van der Waals surface area (Å²) in [5.74, 6) is 0.437. The van der Waals surface area contributed by atoms with Crippen LogP contribution in [0.25, 0.3) is 0 Å². The zero-order chi connectivity index (χ0) is 22.4. The number of rotatable bonds is 5. The van der Waals surface area contributed by atoms with E-state index in [1.165, 1.54) is 11.3 Å². The molecule has 3 unspecified atom stereocenters. The third-order valence-corrected chi connectivity index (χ3v) is 7.60. The van der Waals surface area contributed by atoms with E-state index in [9.17, 15) is 9.59 Å². The number of aromatic nitrogens is 1. The largest absolute Gasteiger partial charge is 0.490 e. The minimum absolute atomic E-state index is 0.0409. The number of hydrogen-bond acceptors (Lipinski definition) is 6. The van der Waals surface area contributed by atoms with Gasteiger partial charge in [-0.3, -0.25) is 14.5 Å². The van der Waals surface area contributed by atoms with Crippen LogP contribution in [-0.4, -0.2) is 29.4 Å². The zero-order valence-electron chi connectivity index (χ0n) is 18.3. The van der Waals surface area contributed by atoms with Gasteiger partial charge in [-0.25, -0.2) is 4.98 Å². The number of hydrogen-bond donors (Lipinski definition) is 0. The normalized spacial score (nSPS) is 24.8. The minimum atomic E-state index is -0.579. The van der Waals surface area contributed by atoms with Crippen molar-refractivity contribution in [2.24, 2.45) is 5.92 Å². The summed E-state index contributed by atoms with van der Waals surface area (Å²) in [7, 11) is 0. The van der Waals surface area contributed by atoms with Gasteiger partial charge in [0, 0.05) is 4.88 Å². The van der Waals surface area contributed by atoms with Crippen LogP contribution < -0.4 is 9.64 Å². The molecule has 0 spiro atoms. The molecule has 0 radical (unpaired) electrons. The maximum Gasteiger partial charge on any atom is 0.296 e. The van der Waals surface area contributed by atoms with Gasteiger partial charge < -0.3 is 9.47 Å². The van der Waals surface area contributed by atoms with E-state index < -0.39 is 6.04 Å². The van der Waals surface area contributed by atoms with E-state index >= 15 is 0 Å². The molecule has 1 amide bonds. The van der Waals surface area contributed by atoms with Crippen molar-refractivity contribution in [2.45, 2.75) is 51.7 Å². The number of nitrogens with zero attached hydrogens (tertiary/aromatic N) is 2. The Balaban J connectivity index is 1.63. The second-order valence-electron chi connectivity index (χ2n) is 8.54. The summed E-state index contributed by atoms with van der Waals surface area (Å²) in [6.45, 7) is 7.99. The fourth-order valence-electron chi connectivity index (χ4n) is 4.85. The van der Waals surface area contributed by atoms with Crippen LogP contribution in [0.5, 0.6) is 5.75 Å². The predicted octanol–water partition coefficient (Wildman–Crippen LogP) is 4.82. The minimum Gasteiger partial charge on any atom is -0.490 e. The van der Waals surface area contributed by atoms with Gasteiger partial charge in [-0.05, 0) is 50.8 Å². The number of thiazole rings is 1. The van der Waals surface area contributed by atoms with E-state index in [-0.39, 0.29) is 29.5 Å². The molecule has 3 aliphatic rings. The molecule has 1 fully saturated rings. The molecule has 0 bridgehead atoms. The predicted molar refractivity (Wildman–Crippen MR) is 123 cm³/mol. The molecule has 3 heterocycles. The Labute approximate surface area is 191 Å². The summed E-state index contributed by atoms with van der Waals surface area (Å²) >= 11 is 1.46. The standard InChI is InChI=1S/C25H26N2O4S/c1-4-12-30-17-9-7-8-16(13-17)21-20-22(28)18-10-5-6-11-19(18)31-23(20)24(29)27(21)25-26-14(2)15(3)32-25/h4,7-9,13,18-19,21H,1,5-6,10-12H2,2-3H3. The molecule has 0 N–H and O–H groups in total. The van der Waals surface area contributed by atoms with Crippen LogP contribution in [-0.2, 0) is 14.3 Å². The van der Waals surface area contributed by atoms with Crippen LogP contribution in [0.4, 0.5) is 5.13 Å². The van der Waals surface area contributed by atoms with Crippen molar-refractivity contribution in [1.29, 1.82) is 0 Å². The Morgan fingerprint density at radius 3 is 2.84 bits per heavy atom. The van der Waals surface area contributed by atoms with Crippen molar-refractivity contribution in [2.75, 3.05) is 11.5 Å². The molecule has 2 aliphatic heterocycles. The molecule has 1 aromatic heterocycles. The van der Waals surface area contributed by atoms with Crippen LogP contribution in [0.1, 0.15) is 47.9 Å². The topological polar surface area (TPSA) is 68.7 Å². The maximum atomic E-state index is 13.7. The number of benzene rings is 1. The van der Waals surface area contributed by atoms with Gasteiger partial charge in [-0.15, -0.1) is 11.3 Å². The summed E-state index contributed by atoms with van der Waals surface area (Å²) < 4.78 is 12.0. The van der Waals surface area contributed by atoms with Gasteiger partial charge in [-0.1, -0.05) is 31.2 Å². The van der Waals surface area contributed by atoms with Crippen molar-refractivity contribution in [1.82, 2.24) is 4.98 Å². The average molecular weight is 451 g/mol. The molecule has 166 valence electrons. The first-order valence-electron chi connectivity index (χ1n) is 11.1. The molecular weight excluding hydrogens is 424 g/mol. The summed E-state index contributed by atoms with van der Waals surface area (Å²) in [6, 6.07) is 6.97. The molecule has 2 aromatic rings. The zero-order valence-corrected chi connectivity index (χ0v) is 19.1. The highest BCUT2D eigenvalue weighted by Crippen LogP contribution is 2.49. The molecule has 0 saturated heterocycles. The molecule has 6 nitrogen and oxygen atoms in total. The molecular formula is C25H26N2O4S. The van der Waals surface area contributed by atoms with Crippen LogP contribution in [0.15, 0.2) is 48.3 Å². The Bertz CT molecular complexity index is 1120. The highest BCUT2D eigenvalue weighted by molar-refractivity contribution is 7.15. The van der Waals surface area contributed by atoms with Crippen molar-refractivity contribution in [3.05, 3.63) is 64.4 Å². The third kappa shape index (κ3) is 3.35. The van der Waals surface area contributed by atoms with Crippen molar-refractivity contribution in [3.63, 3.8) is 0 Å². The van der Waals surface area contributed by atoms with Crippen molar-refractivity contribution < 1.29 is 19.1 Å². The van der Waals surface area contributed by atoms with Crippen LogP contribution in [0.2, 0.25) is 0 Å². The second kappa shape index (κ2) is 8.20. The number of ether oxygens (including phenoxy) is 2. The highest BCUT2D eigenvalue weighted by atomic mass is 32.1. The van der Waals surface area contributed by atoms with Crippen LogP contribution in [0.3, 0.4) is 0 Å². The quantitative estimate of drug-likeness (QED) is 0.611. The Morgan fingerprint density at radius 1 is 1.28 bits per heavy atom. The fraction of sp³-hybridized carbons (Fsp3) is 0.400. The first-order chi connectivity index (χ1) is 15.5. The van der Waals surface area contributed by atoms with Crippen LogP contribution >= 0.6 is 11.3 Å². The third-order valence-electron chi connectivity index (χ3n) is 6.53. The Hall–Kier alpha value is -2.93. The van der Waals surface area contributed by atoms with Gasteiger partial charge in [0.15, 0.2) is 16.7 Å². The lowest BCUT2D eigenvalue weighted by atomic mass is 9.77. The first-order valence-corrected chi connectivity index (χ1v) is 11.9. The number of ketones is 1. The summed E-state index contributed by atoms with van der Waals surface area (Å²) in [4.78, 5) is 34.7. The van der Waals surface area contributed by atoms with E-state index in [4.69, 9.17) is 9.47 Å². The summed E-state index contributed by atoms with van der Waals surface area (Å²) in [5.41, 5.74) is 2.15. The van der Waals surface area contributed by atoms with Crippen molar-refractivity contribution in [3.8, 4) is 5.75 Å². The number of amides is 1. The lowest BCUT2D eigenvalue weighted by Gasteiger charge is -2.35. The molecule has 1 aliphatic carbocycles. The molecule has 3 atom stereocenters. The second-order valence-corrected chi connectivity index (χ2v) is 9.72.